The Labute approximate surface area is 118 Å². The average Bonchev–Trinajstić information content (AvgIpc) is 2.38. The third-order valence-corrected chi connectivity index (χ3v) is 3.63. The summed E-state index contributed by atoms with van der Waals surface area (Å²) >= 11 is 12.0. The first-order chi connectivity index (χ1) is 8.75. The Morgan fingerprint density at radius 2 is 2.00 bits per heavy atom. The molecule has 0 radical (unpaired) electrons. The molecular weight excluding hydrogens is 271 g/mol. The lowest BCUT2D eigenvalue weighted by Gasteiger charge is -2.26. The predicted octanol–water partition coefficient (Wildman–Crippen LogP) is 2.42. The number of ether oxygens (including phenoxy) is 1. The van der Waals surface area contributed by atoms with E-state index >= 15 is 0 Å². The van der Waals surface area contributed by atoms with Crippen molar-refractivity contribution in [1.82, 2.24) is 10.2 Å². The van der Waals surface area contributed by atoms with Gasteiger partial charge in [0.2, 0.25) is 0 Å². The van der Waals surface area contributed by atoms with Crippen molar-refractivity contribution in [3.8, 4) is 0 Å². The van der Waals surface area contributed by atoms with Crippen molar-refractivity contribution >= 4 is 23.2 Å². The van der Waals surface area contributed by atoms with Crippen molar-refractivity contribution in [1.29, 1.82) is 0 Å². The Bertz CT molecular complexity index is 381. The molecule has 1 aromatic carbocycles. The first-order valence-corrected chi connectivity index (χ1v) is 6.96. The summed E-state index contributed by atoms with van der Waals surface area (Å²) in [6.45, 7) is 6.55. The van der Waals surface area contributed by atoms with Gasteiger partial charge in [0.1, 0.15) is 0 Å². The molecule has 1 aliphatic heterocycles. The van der Waals surface area contributed by atoms with Crippen LogP contribution in [0.1, 0.15) is 5.56 Å². The third kappa shape index (κ3) is 4.41. The summed E-state index contributed by atoms with van der Waals surface area (Å²) in [5.41, 5.74) is 1.09. The molecule has 0 spiro atoms. The van der Waals surface area contributed by atoms with Crippen molar-refractivity contribution in [2.75, 3.05) is 39.4 Å². The molecule has 0 bridgehead atoms. The second kappa shape index (κ2) is 7.31. The van der Waals surface area contributed by atoms with E-state index < -0.39 is 0 Å². The summed E-state index contributed by atoms with van der Waals surface area (Å²) in [4.78, 5) is 2.40. The van der Waals surface area contributed by atoms with E-state index in [4.69, 9.17) is 27.9 Å². The van der Waals surface area contributed by atoms with Gasteiger partial charge in [0.15, 0.2) is 0 Å². The highest BCUT2D eigenvalue weighted by Gasteiger charge is 2.09. The van der Waals surface area contributed by atoms with Gasteiger partial charge < -0.3 is 10.1 Å². The largest absolute Gasteiger partial charge is 0.379 e. The number of halogens is 2. The zero-order valence-corrected chi connectivity index (χ0v) is 11.8. The first-order valence-electron chi connectivity index (χ1n) is 6.20. The van der Waals surface area contributed by atoms with Crippen molar-refractivity contribution < 1.29 is 4.74 Å². The molecule has 18 heavy (non-hydrogen) atoms. The van der Waals surface area contributed by atoms with Gasteiger partial charge in [-0.25, -0.2) is 0 Å². The monoisotopic (exact) mass is 288 g/mol. The van der Waals surface area contributed by atoms with Gasteiger partial charge in [0.25, 0.3) is 0 Å². The summed E-state index contributed by atoms with van der Waals surface area (Å²) in [7, 11) is 0. The van der Waals surface area contributed by atoms with Crippen LogP contribution in [0.2, 0.25) is 10.0 Å². The third-order valence-electron chi connectivity index (χ3n) is 3.04. The van der Waals surface area contributed by atoms with Crippen LogP contribution < -0.4 is 5.32 Å². The first kappa shape index (κ1) is 14.1. The molecule has 0 atom stereocenters. The molecule has 3 nitrogen and oxygen atoms in total. The van der Waals surface area contributed by atoms with Gasteiger partial charge in [-0.3, -0.25) is 4.90 Å². The lowest BCUT2D eigenvalue weighted by molar-refractivity contribution is 0.0384. The van der Waals surface area contributed by atoms with Gasteiger partial charge >= 0.3 is 0 Å². The highest BCUT2D eigenvalue weighted by molar-refractivity contribution is 6.35. The van der Waals surface area contributed by atoms with E-state index in [-0.39, 0.29) is 0 Å². The summed E-state index contributed by atoms with van der Waals surface area (Å²) in [6, 6.07) is 5.61. The van der Waals surface area contributed by atoms with E-state index in [0.717, 1.165) is 56.5 Å². The van der Waals surface area contributed by atoms with E-state index in [0.29, 0.717) is 5.02 Å². The minimum absolute atomic E-state index is 0.678. The number of nitrogens with zero attached hydrogens (tertiary/aromatic N) is 1. The molecule has 0 aliphatic carbocycles. The van der Waals surface area contributed by atoms with E-state index in [2.05, 4.69) is 10.2 Å². The van der Waals surface area contributed by atoms with Crippen molar-refractivity contribution in [3.63, 3.8) is 0 Å². The van der Waals surface area contributed by atoms with Crippen LogP contribution in [0.5, 0.6) is 0 Å². The van der Waals surface area contributed by atoms with Gasteiger partial charge in [-0.05, 0) is 17.7 Å². The predicted molar refractivity (Wildman–Crippen MR) is 75.4 cm³/mol. The average molecular weight is 289 g/mol. The van der Waals surface area contributed by atoms with Crippen molar-refractivity contribution in [2.24, 2.45) is 0 Å². The normalized spacial score (nSPS) is 17.0. The van der Waals surface area contributed by atoms with Gasteiger partial charge in [-0.2, -0.15) is 0 Å². The molecule has 2 rings (SSSR count). The van der Waals surface area contributed by atoms with Crippen LogP contribution in [-0.4, -0.2) is 44.3 Å². The molecule has 1 N–H and O–H groups in total. The second-order valence-electron chi connectivity index (χ2n) is 4.37. The molecule has 1 aliphatic rings. The zero-order valence-electron chi connectivity index (χ0n) is 10.3. The van der Waals surface area contributed by atoms with E-state index in [1.54, 1.807) is 6.07 Å². The molecule has 1 saturated heterocycles. The van der Waals surface area contributed by atoms with Crippen LogP contribution in [0.3, 0.4) is 0 Å². The molecule has 1 fully saturated rings. The smallest absolute Gasteiger partial charge is 0.0594 e. The van der Waals surface area contributed by atoms with Crippen LogP contribution in [0.4, 0.5) is 0 Å². The summed E-state index contributed by atoms with van der Waals surface area (Å²) in [5.74, 6) is 0. The highest BCUT2D eigenvalue weighted by atomic mass is 35.5. The SMILES string of the molecule is Clc1ccc(CNCCN2CCOCC2)c(Cl)c1. The van der Waals surface area contributed by atoms with Crippen molar-refractivity contribution in [3.05, 3.63) is 33.8 Å². The maximum atomic E-state index is 6.11. The van der Waals surface area contributed by atoms with E-state index in [1.807, 2.05) is 12.1 Å². The fourth-order valence-corrected chi connectivity index (χ4v) is 2.43. The molecule has 100 valence electrons. The number of nitrogens with one attached hydrogen (secondary N) is 1. The topological polar surface area (TPSA) is 24.5 Å². The van der Waals surface area contributed by atoms with Crippen LogP contribution in [0.25, 0.3) is 0 Å². The second-order valence-corrected chi connectivity index (χ2v) is 5.21. The molecule has 1 aromatic rings. The highest BCUT2D eigenvalue weighted by Crippen LogP contribution is 2.20. The van der Waals surface area contributed by atoms with Crippen LogP contribution in [0, 0.1) is 0 Å². The minimum atomic E-state index is 0.678. The Kier molecular flexibility index (Phi) is 5.73. The Morgan fingerprint density at radius 3 is 2.72 bits per heavy atom. The van der Waals surface area contributed by atoms with Crippen molar-refractivity contribution in [2.45, 2.75) is 6.54 Å². The fourth-order valence-electron chi connectivity index (χ4n) is 1.95. The number of hydrogen-bond donors (Lipinski definition) is 1. The Morgan fingerprint density at radius 1 is 1.22 bits per heavy atom. The summed E-state index contributed by atoms with van der Waals surface area (Å²) < 4.78 is 5.31. The molecule has 0 amide bonds. The van der Waals surface area contributed by atoms with E-state index in [9.17, 15) is 0 Å². The van der Waals surface area contributed by atoms with Crippen LogP contribution in [0.15, 0.2) is 18.2 Å². The van der Waals surface area contributed by atoms with Crippen LogP contribution in [-0.2, 0) is 11.3 Å². The van der Waals surface area contributed by atoms with Gasteiger partial charge in [-0.1, -0.05) is 29.3 Å². The minimum Gasteiger partial charge on any atom is -0.379 e. The van der Waals surface area contributed by atoms with Crippen LogP contribution >= 0.6 is 23.2 Å². The quantitative estimate of drug-likeness (QED) is 0.843. The molecular formula is C13H18Cl2N2O. The molecule has 5 heteroatoms. The molecule has 1 heterocycles. The number of benzene rings is 1. The van der Waals surface area contributed by atoms with Gasteiger partial charge in [-0.15, -0.1) is 0 Å². The molecule has 0 unspecified atom stereocenters. The summed E-state index contributed by atoms with van der Waals surface area (Å²) in [6.07, 6.45) is 0. The number of hydrogen-bond acceptors (Lipinski definition) is 3. The maximum absolute atomic E-state index is 6.11. The summed E-state index contributed by atoms with van der Waals surface area (Å²) in [5, 5.41) is 4.80. The number of rotatable bonds is 5. The lowest BCUT2D eigenvalue weighted by Crippen LogP contribution is -2.40. The maximum Gasteiger partial charge on any atom is 0.0594 e. The standard InChI is InChI=1S/C13H18Cl2N2O/c14-12-2-1-11(13(15)9-12)10-16-3-4-17-5-7-18-8-6-17/h1-2,9,16H,3-8,10H2. The number of morpholine rings is 1. The lowest BCUT2D eigenvalue weighted by atomic mass is 10.2. The molecule has 0 aromatic heterocycles. The Hall–Kier alpha value is -0.320. The zero-order chi connectivity index (χ0) is 12.8. The fraction of sp³-hybridized carbons (Fsp3) is 0.538. The van der Waals surface area contributed by atoms with E-state index in [1.165, 1.54) is 0 Å². The van der Waals surface area contributed by atoms with Gasteiger partial charge in [0.05, 0.1) is 13.2 Å². The molecule has 0 saturated carbocycles. The van der Waals surface area contributed by atoms with Gasteiger partial charge in [0, 0.05) is 42.8 Å². The Balaban J connectivity index is 1.68.